The Morgan fingerprint density at radius 1 is 1.33 bits per heavy atom. The van der Waals surface area contributed by atoms with Gasteiger partial charge < -0.3 is 14.6 Å². The molecule has 2 aromatic rings. The monoisotopic (exact) mass is 449 g/mol. The minimum Gasteiger partial charge on any atom is -0.376 e. The molecule has 0 radical (unpaired) electrons. The Morgan fingerprint density at radius 3 is 2.87 bits per heavy atom. The molecule has 1 fully saturated rings. The number of nitrogens with one attached hydrogen (secondary N) is 1. The Hall–Kier alpha value is -2.34. The fraction of sp³-hybridized carbons (Fsp3) is 0.500. The van der Waals surface area contributed by atoms with E-state index < -0.39 is 11.5 Å². The maximum atomic E-state index is 12.8. The second kappa shape index (κ2) is 8.80. The first-order valence-electron chi connectivity index (χ1n) is 9.96. The number of carbonyl (C=O) groups excluding carboxylic acids is 1. The lowest BCUT2D eigenvalue weighted by atomic mass is 9.95. The van der Waals surface area contributed by atoms with Gasteiger partial charge in [0.2, 0.25) is 5.91 Å². The van der Waals surface area contributed by atoms with Gasteiger partial charge in [-0.15, -0.1) is 0 Å². The maximum Gasteiger partial charge on any atom is 0.287 e. The van der Waals surface area contributed by atoms with Gasteiger partial charge in [-0.1, -0.05) is 23.2 Å². The molecule has 1 saturated heterocycles. The predicted molar refractivity (Wildman–Crippen MR) is 112 cm³/mol. The number of anilines is 1. The summed E-state index contributed by atoms with van der Waals surface area (Å²) in [5, 5.41) is 16.4. The van der Waals surface area contributed by atoms with E-state index in [1.807, 2.05) is 4.57 Å². The van der Waals surface area contributed by atoms with Crippen molar-refractivity contribution in [1.29, 1.82) is 5.26 Å². The number of hydrogen-bond acceptors (Lipinski definition) is 5. The predicted octanol–water partition coefficient (Wildman–Crippen LogP) is 2.92. The number of nitrogens with zero attached hydrogens (tertiary/aromatic N) is 4. The third-order valence-electron chi connectivity index (χ3n) is 5.59. The molecule has 10 heteroatoms. The second-order valence-electron chi connectivity index (χ2n) is 7.53. The molecular weight excluding hydrogens is 429 g/mol. The fourth-order valence-electron chi connectivity index (χ4n) is 4.18. The highest BCUT2D eigenvalue weighted by atomic mass is 35.5. The highest BCUT2D eigenvalue weighted by Gasteiger charge is 2.28. The molecule has 1 aliphatic heterocycles. The number of halogens is 2. The van der Waals surface area contributed by atoms with Crippen molar-refractivity contribution in [2.24, 2.45) is 0 Å². The summed E-state index contributed by atoms with van der Waals surface area (Å²) >= 11 is 11.7. The van der Waals surface area contributed by atoms with E-state index in [-0.39, 0.29) is 22.7 Å². The summed E-state index contributed by atoms with van der Waals surface area (Å²) in [7, 11) is 0. The third kappa shape index (κ3) is 3.97. The zero-order valence-electron chi connectivity index (χ0n) is 16.3. The quantitative estimate of drug-likeness (QED) is 0.755. The van der Waals surface area contributed by atoms with Crippen molar-refractivity contribution in [2.45, 2.75) is 57.7 Å². The molecule has 30 heavy (non-hydrogen) atoms. The van der Waals surface area contributed by atoms with Crippen LogP contribution in [0.2, 0.25) is 10.0 Å². The highest BCUT2D eigenvalue weighted by Crippen LogP contribution is 2.34. The van der Waals surface area contributed by atoms with Gasteiger partial charge in [-0.25, -0.2) is 4.68 Å². The van der Waals surface area contributed by atoms with Gasteiger partial charge in [-0.3, -0.25) is 9.59 Å². The van der Waals surface area contributed by atoms with Crippen molar-refractivity contribution < 1.29 is 9.53 Å². The first kappa shape index (κ1) is 20.9. The number of ether oxygens (including phenoxy) is 1. The Balaban J connectivity index is 1.65. The number of nitriles is 1. The molecule has 0 bridgehead atoms. The lowest BCUT2D eigenvalue weighted by Crippen LogP contribution is -2.31. The van der Waals surface area contributed by atoms with E-state index in [1.165, 1.54) is 6.20 Å². The lowest BCUT2D eigenvalue weighted by molar-refractivity contribution is -0.117. The summed E-state index contributed by atoms with van der Waals surface area (Å²) in [5.41, 5.74) is 1.94. The summed E-state index contributed by atoms with van der Waals surface area (Å²) in [6.07, 6.45) is 6.97. The zero-order chi connectivity index (χ0) is 21.3. The van der Waals surface area contributed by atoms with Crippen LogP contribution in [0.25, 0.3) is 0 Å². The molecule has 158 valence electrons. The number of carbonyl (C=O) groups is 1. The molecule has 2 aliphatic rings. The summed E-state index contributed by atoms with van der Waals surface area (Å²) in [4.78, 5) is 24.9. The van der Waals surface area contributed by atoms with Gasteiger partial charge in [0.15, 0.2) is 0 Å². The van der Waals surface area contributed by atoms with Gasteiger partial charge in [0, 0.05) is 12.3 Å². The molecular formula is C20H21Cl2N5O3. The molecule has 2 aromatic heterocycles. The first-order valence-corrected chi connectivity index (χ1v) is 10.7. The normalized spacial score (nSPS) is 18.1. The molecule has 1 aliphatic carbocycles. The summed E-state index contributed by atoms with van der Waals surface area (Å²) in [5.74, 6) is 0.000866. The first-order chi connectivity index (χ1) is 14.5. The van der Waals surface area contributed by atoms with Crippen LogP contribution in [0.4, 0.5) is 5.82 Å². The van der Waals surface area contributed by atoms with Crippen LogP contribution in [0, 0.1) is 11.3 Å². The van der Waals surface area contributed by atoms with Crippen LogP contribution in [0.1, 0.15) is 42.5 Å². The smallest absolute Gasteiger partial charge is 0.287 e. The molecule has 0 aromatic carbocycles. The molecule has 8 nitrogen and oxygen atoms in total. The van der Waals surface area contributed by atoms with Crippen molar-refractivity contribution in [3.05, 3.63) is 43.4 Å². The van der Waals surface area contributed by atoms with Gasteiger partial charge in [0.05, 0.1) is 29.4 Å². The lowest BCUT2D eigenvalue weighted by Gasteiger charge is -2.20. The fourth-order valence-corrected chi connectivity index (χ4v) is 4.45. The van der Waals surface area contributed by atoms with E-state index in [0.29, 0.717) is 17.9 Å². The van der Waals surface area contributed by atoms with Crippen molar-refractivity contribution >= 4 is 34.9 Å². The largest absolute Gasteiger partial charge is 0.376 e. The minimum atomic E-state index is -0.645. The highest BCUT2D eigenvalue weighted by molar-refractivity contribution is 6.41. The average molecular weight is 450 g/mol. The van der Waals surface area contributed by atoms with Crippen molar-refractivity contribution in [2.75, 3.05) is 11.9 Å². The maximum absolute atomic E-state index is 12.8. The molecule has 4 rings (SSSR count). The summed E-state index contributed by atoms with van der Waals surface area (Å²) in [6.45, 7) is 0.980. The molecule has 3 heterocycles. The Bertz CT molecular complexity index is 1080. The number of amides is 1. The number of rotatable bonds is 5. The van der Waals surface area contributed by atoms with Crippen LogP contribution in [-0.2, 0) is 35.5 Å². The van der Waals surface area contributed by atoms with E-state index in [9.17, 15) is 14.9 Å². The zero-order valence-corrected chi connectivity index (χ0v) is 17.8. The molecule has 1 amide bonds. The van der Waals surface area contributed by atoms with Crippen molar-refractivity contribution in [1.82, 2.24) is 14.3 Å². The minimum absolute atomic E-state index is 0.0307. The van der Waals surface area contributed by atoms with E-state index >= 15 is 0 Å². The molecule has 1 atom stereocenters. The molecule has 1 unspecified atom stereocenters. The summed E-state index contributed by atoms with van der Waals surface area (Å²) < 4.78 is 8.75. The Morgan fingerprint density at radius 2 is 2.13 bits per heavy atom. The standard InChI is InChI=1S/C20H21Cl2N5O3/c21-15-9-24-27(20(29)18(15)22)11-17(28)25-19-14(8-23)13-5-1-2-6-16(13)26(19)10-12-4-3-7-30-12/h9,12H,1-7,10-11H2,(H,25,28). The van der Waals surface area contributed by atoms with E-state index in [1.54, 1.807) is 0 Å². The van der Waals surface area contributed by atoms with Gasteiger partial charge >= 0.3 is 0 Å². The molecule has 0 spiro atoms. The number of fused-ring (bicyclic) bond motifs is 1. The van der Waals surface area contributed by atoms with Crippen LogP contribution >= 0.6 is 23.2 Å². The SMILES string of the molecule is N#Cc1c2c(n(CC3CCCO3)c1NC(=O)Cn1ncc(Cl)c(Cl)c1=O)CCCC2. The Kier molecular flexibility index (Phi) is 6.14. The molecule has 1 N–H and O–H groups in total. The van der Waals surface area contributed by atoms with Crippen LogP contribution in [0.15, 0.2) is 11.0 Å². The van der Waals surface area contributed by atoms with Gasteiger partial charge in [0.25, 0.3) is 5.56 Å². The van der Waals surface area contributed by atoms with Gasteiger partial charge in [-0.05, 0) is 44.1 Å². The van der Waals surface area contributed by atoms with E-state index in [4.69, 9.17) is 27.9 Å². The summed E-state index contributed by atoms with van der Waals surface area (Å²) in [6, 6.07) is 2.27. The van der Waals surface area contributed by atoms with Crippen LogP contribution in [0.3, 0.4) is 0 Å². The van der Waals surface area contributed by atoms with E-state index in [2.05, 4.69) is 16.5 Å². The van der Waals surface area contributed by atoms with Gasteiger partial charge in [-0.2, -0.15) is 10.4 Å². The van der Waals surface area contributed by atoms with Crippen LogP contribution < -0.4 is 10.9 Å². The number of hydrogen-bond donors (Lipinski definition) is 1. The number of aromatic nitrogens is 3. The second-order valence-corrected chi connectivity index (χ2v) is 8.32. The van der Waals surface area contributed by atoms with E-state index in [0.717, 1.165) is 61.1 Å². The van der Waals surface area contributed by atoms with Crippen molar-refractivity contribution in [3.8, 4) is 6.07 Å². The topological polar surface area (TPSA) is 102 Å². The van der Waals surface area contributed by atoms with Crippen molar-refractivity contribution in [3.63, 3.8) is 0 Å². The third-order valence-corrected chi connectivity index (χ3v) is 6.34. The Labute approximate surface area is 183 Å². The van der Waals surface area contributed by atoms with Gasteiger partial charge in [0.1, 0.15) is 23.5 Å². The van der Waals surface area contributed by atoms with Crippen LogP contribution in [-0.4, -0.2) is 33.0 Å². The van der Waals surface area contributed by atoms with Crippen LogP contribution in [0.5, 0.6) is 0 Å². The average Bonchev–Trinajstić information content (AvgIpc) is 3.35. The molecule has 0 saturated carbocycles.